The third-order valence-corrected chi connectivity index (χ3v) is 3.65. The second kappa shape index (κ2) is 9.08. The molecule has 5 nitrogen and oxygen atoms in total. The van der Waals surface area contributed by atoms with Crippen molar-refractivity contribution < 1.29 is 14.3 Å². The largest absolute Gasteiger partial charge is 0.494 e. The van der Waals surface area contributed by atoms with Crippen LogP contribution in [0.5, 0.6) is 11.5 Å². The van der Waals surface area contributed by atoms with E-state index in [1.54, 1.807) is 18.2 Å². The number of ether oxygens (including phenoxy) is 2. The van der Waals surface area contributed by atoms with Gasteiger partial charge in [0.2, 0.25) is 0 Å². The van der Waals surface area contributed by atoms with Crippen LogP contribution in [0.25, 0.3) is 0 Å². The summed E-state index contributed by atoms with van der Waals surface area (Å²) in [7, 11) is 0. The number of hydrogen-bond donors (Lipinski definition) is 1. The first-order valence-electron chi connectivity index (χ1n) is 8.04. The van der Waals surface area contributed by atoms with E-state index in [9.17, 15) is 4.79 Å². The van der Waals surface area contributed by atoms with Crippen molar-refractivity contribution in [2.24, 2.45) is 5.10 Å². The van der Waals surface area contributed by atoms with E-state index in [0.29, 0.717) is 29.5 Å². The molecule has 0 radical (unpaired) electrons. The Labute approximate surface area is 152 Å². The molecule has 1 amide bonds. The predicted molar refractivity (Wildman–Crippen MR) is 100 cm³/mol. The van der Waals surface area contributed by atoms with Crippen molar-refractivity contribution in [3.05, 3.63) is 58.1 Å². The second-order valence-corrected chi connectivity index (χ2v) is 5.66. The highest BCUT2D eigenvalue weighted by atomic mass is 35.5. The number of nitrogens with zero attached hydrogens (tertiary/aromatic N) is 1. The molecule has 0 aromatic heterocycles. The van der Waals surface area contributed by atoms with Crippen molar-refractivity contribution in [1.82, 2.24) is 5.43 Å². The lowest BCUT2D eigenvalue weighted by molar-refractivity contribution is 0.0955. The normalized spacial score (nSPS) is 10.7. The van der Waals surface area contributed by atoms with Gasteiger partial charge in [0.15, 0.2) is 0 Å². The zero-order valence-corrected chi connectivity index (χ0v) is 15.3. The van der Waals surface area contributed by atoms with Crippen LogP contribution in [-0.2, 0) is 0 Å². The predicted octanol–water partition coefficient (Wildman–Crippen LogP) is 4.21. The number of benzene rings is 2. The van der Waals surface area contributed by atoms with E-state index in [1.165, 1.54) is 6.21 Å². The highest BCUT2D eigenvalue weighted by Crippen LogP contribution is 2.24. The van der Waals surface area contributed by atoms with Crippen molar-refractivity contribution in [3.8, 4) is 11.5 Å². The summed E-state index contributed by atoms with van der Waals surface area (Å²) in [4.78, 5) is 12.2. The van der Waals surface area contributed by atoms with Crippen LogP contribution >= 0.6 is 11.6 Å². The Morgan fingerprint density at radius 1 is 1.16 bits per heavy atom. The van der Waals surface area contributed by atoms with Gasteiger partial charge >= 0.3 is 0 Å². The summed E-state index contributed by atoms with van der Waals surface area (Å²) in [5.74, 6) is 0.989. The maximum atomic E-state index is 12.2. The minimum absolute atomic E-state index is 0.370. The molecule has 132 valence electrons. The molecule has 25 heavy (non-hydrogen) atoms. The SMILES string of the molecule is CCOc1ccc(/C=N\NC(=O)c2ccc(C)cc2Cl)c(OCC)c1. The van der Waals surface area contributed by atoms with Crippen LogP contribution in [0, 0.1) is 6.92 Å². The summed E-state index contributed by atoms with van der Waals surface area (Å²) in [6.45, 7) is 6.82. The minimum Gasteiger partial charge on any atom is -0.494 e. The van der Waals surface area contributed by atoms with E-state index in [2.05, 4.69) is 10.5 Å². The first-order valence-corrected chi connectivity index (χ1v) is 8.42. The highest BCUT2D eigenvalue weighted by Gasteiger charge is 2.09. The Balaban J connectivity index is 2.11. The number of amides is 1. The zero-order valence-electron chi connectivity index (χ0n) is 14.5. The maximum Gasteiger partial charge on any atom is 0.272 e. The van der Waals surface area contributed by atoms with E-state index < -0.39 is 0 Å². The van der Waals surface area contributed by atoms with Gasteiger partial charge in [0.25, 0.3) is 5.91 Å². The Morgan fingerprint density at radius 2 is 1.92 bits per heavy atom. The van der Waals surface area contributed by atoms with Crippen LogP contribution in [0.3, 0.4) is 0 Å². The van der Waals surface area contributed by atoms with E-state index in [0.717, 1.165) is 16.9 Å². The van der Waals surface area contributed by atoms with E-state index in [-0.39, 0.29) is 5.91 Å². The lowest BCUT2D eigenvalue weighted by Crippen LogP contribution is -2.18. The number of hydrazone groups is 1. The number of rotatable bonds is 7. The van der Waals surface area contributed by atoms with E-state index >= 15 is 0 Å². The van der Waals surface area contributed by atoms with Gasteiger partial charge in [0.1, 0.15) is 11.5 Å². The number of hydrogen-bond acceptors (Lipinski definition) is 4. The molecule has 2 rings (SSSR count). The van der Waals surface area contributed by atoms with Gasteiger partial charge in [-0.15, -0.1) is 0 Å². The van der Waals surface area contributed by atoms with Crippen LogP contribution in [0.2, 0.25) is 5.02 Å². The quantitative estimate of drug-likeness (QED) is 0.594. The van der Waals surface area contributed by atoms with Gasteiger partial charge in [-0.2, -0.15) is 5.10 Å². The molecule has 0 saturated carbocycles. The molecular weight excluding hydrogens is 340 g/mol. The molecule has 0 atom stereocenters. The highest BCUT2D eigenvalue weighted by molar-refractivity contribution is 6.33. The number of aryl methyl sites for hydroxylation is 1. The van der Waals surface area contributed by atoms with Crippen molar-refractivity contribution in [2.75, 3.05) is 13.2 Å². The molecule has 2 aromatic carbocycles. The van der Waals surface area contributed by atoms with Gasteiger partial charge in [0.05, 0.1) is 30.0 Å². The fourth-order valence-electron chi connectivity index (χ4n) is 2.18. The van der Waals surface area contributed by atoms with Crippen molar-refractivity contribution >= 4 is 23.7 Å². The molecule has 1 N–H and O–H groups in total. The van der Waals surface area contributed by atoms with Crippen LogP contribution < -0.4 is 14.9 Å². The lowest BCUT2D eigenvalue weighted by atomic mass is 10.1. The monoisotopic (exact) mass is 360 g/mol. The first kappa shape index (κ1) is 18.8. The van der Waals surface area contributed by atoms with Crippen LogP contribution in [0.1, 0.15) is 35.3 Å². The van der Waals surface area contributed by atoms with Crippen LogP contribution in [0.4, 0.5) is 0 Å². The maximum absolute atomic E-state index is 12.2. The van der Waals surface area contributed by atoms with Crippen molar-refractivity contribution in [3.63, 3.8) is 0 Å². The molecular formula is C19H21ClN2O3. The van der Waals surface area contributed by atoms with E-state index in [1.807, 2.05) is 39.0 Å². The fraction of sp³-hybridized carbons (Fsp3) is 0.263. The molecule has 6 heteroatoms. The number of carbonyl (C=O) groups excluding carboxylic acids is 1. The minimum atomic E-state index is -0.370. The summed E-state index contributed by atoms with van der Waals surface area (Å²) in [6.07, 6.45) is 1.53. The Bertz CT molecular complexity index is 775. The molecule has 0 heterocycles. The Kier molecular flexibility index (Phi) is 6.83. The molecule has 2 aromatic rings. The molecule has 0 aliphatic carbocycles. The van der Waals surface area contributed by atoms with Gasteiger partial charge in [-0.25, -0.2) is 5.43 Å². The molecule has 0 aliphatic heterocycles. The molecule has 0 saturated heterocycles. The van der Waals surface area contributed by atoms with Gasteiger partial charge < -0.3 is 9.47 Å². The number of halogens is 1. The topological polar surface area (TPSA) is 59.9 Å². The first-order chi connectivity index (χ1) is 12.0. The lowest BCUT2D eigenvalue weighted by Gasteiger charge is -2.10. The van der Waals surface area contributed by atoms with Gasteiger partial charge in [-0.05, 0) is 50.6 Å². The van der Waals surface area contributed by atoms with Gasteiger partial charge in [-0.3, -0.25) is 4.79 Å². The number of carbonyl (C=O) groups is 1. The molecule has 0 bridgehead atoms. The third-order valence-electron chi connectivity index (χ3n) is 3.33. The molecule has 0 unspecified atom stereocenters. The molecule has 0 spiro atoms. The average molecular weight is 361 g/mol. The Hall–Kier alpha value is -2.53. The van der Waals surface area contributed by atoms with Crippen LogP contribution in [-0.4, -0.2) is 25.3 Å². The Morgan fingerprint density at radius 3 is 2.60 bits per heavy atom. The van der Waals surface area contributed by atoms with Crippen LogP contribution in [0.15, 0.2) is 41.5 Å². The summed E-state index contributed by atoms with van der Waals surface area (Å²) >= 11 is 6.09. The summed E-state index contributed by atoms with van der Waals surface area (Å²) in [5.41, 5.74) is 4.58. The summed E-state index contributed by atoms with van der Waals surface area (Å²) < 4.78 is 11.1. The van der Waals surface area contributed by atoms with Crippen molar-refractivity contribution in [2.45, 2.75) is 20.8 Å². The molecule has 0 fully saturated rings. The van der Waals surface area contributed by atoms with Gasteiger partial charge in [-0.1, -0.05) is 17.7 Å². The smallest absolute Gasteiger partial charge is 0.272 e. The third kappa shape index (κ3) is 5.22. The van der Waals surface area contributed by atoms with E-state index in [4.69, 9.17) is 21.1 Å². The number of nitrogens with one attached hydrogen (secondary N) is 1. The standard InChI is InChI=1S/C19H21ClN2O3/c1-4-24-15-8-7-14(18(11-15)25-5-2)12-21-22-19(23)16-9-6-13(3)10-17(16)20/h6-12H,4-5H2,1-3H3,(H,22,23)/b21-12-. The zero-order chi connectivity index (χ0) is 18.2. The summed E-state index contributed by atoms with van der Waals surface area (Å²) in [6, 6.07) is 10.7. The second-order valence-electron chi connectivity index (χ2n) is 5.25. The van der Waals surface area contributed by atoms with Crippen molar-refractivity contribution in [1.29, 1.82) is 0 Å². The summed E-state index contributed by atoms with van der Waals surface area (Å²) in [5, 5.41) is 4.39. The average Bonchev–Trinajstić information content (AvgIpc) is 2.57. The van der Waals surface area contributed by atoms with Gasteiger partial charge in [0, 0.05) is 11.6 Å². The molecule has 0 aliphatic rings. The fourth-order valence-corrected chi connectivity index (χ4v) is 2.50.